The minimum absolute atomic E-state index is 0.00905. The van der Waals surface area contributed by atoms with E-state index in [1.807, 2.05) is 5.31 Å². The van der Waals surface area contributed by atoms with E-state index in [-0.39, 0.29) is 31.7 Å². The Morgan fingerprint density at radius 1 is 0.556 bits per heavy atom. The zero-order chi connectivity index (χ0) is 26.5. The van der Waals surface area contributed by atoms with E-state index in [1.54, 1.807) is 0 Å². The summed E-state index contributed by atoms with van der Waals surface area (Å²) in [4.78, 5) is 0. The normalized spacial score (nSPS) is 47.6. The van der Waals surface area contributed by atoms with Crippen LogP contribution in [0.2, 0.25) is 0 Å². The lowest BCUT2D eigenvalue weighted by Gasteiger charge is -2.36. The van der Waals surface area contributed by atoms with Gasteiger partial charge in [0.1, 0.15) is 0 Å². The van der Waals surface area contributed by atoms with E-state index in [2.05, 4.69) is 93.6 Å². The van der Waals surface area contributed by atoms with Gasteiger partial charge in [0.05, 0.1) is 0 Å². The molecule has 0 aromatic carbocycles. The summed E-state index contributed by atoms with van der Waals surface area (Å²) < 4.78 is 0. The monoisotopic (exact) mass is 566 g/mol. The molecule has 4 saturated heterocycles. The highest BCUT2D eigenvalue weighted by Gasteiger charge is 2.48. The van der Waals surface area contributed by atoms with Gasteiger partial charge in [0.25, 0.3) is 0 Å². The lowest BCUT2D eigenvalue weighted by molar-refractivity contribution is 0.318. The Labute approximate surface area is 231 Å². The van der Waals surface area contributed by atoms with Crippen molar-refractivity contribution in [1.29, 1.82) is 0 Å². The van der Waals surface area contributed by atoms with Gasteiger partial charge in [0.15, 0.2) is 0 Å². The first kappa shape index (κ1) is 30.2. The fourth-order valence-electron chi connectivity index (χ4n) is 8.38. The summed E-state index contributed by atoms with van der Waals surface area (Å²) in [6, 6.07) is 0. The maximum Gasteiger partial charge on any atom is -0.0127 e. The van der Waals surface area contributed by atoms with Gasteiger partial charge in [-0.25, -0.2) is 0 Å². The van der Waals surface area contributed by atoms with Crippen molar-refractivity contribution >= 4 is 31.7 Å². The van der Waals surface area contributed by atoms with Crippen LogP contribution in [-0.4, -0.2) is 45.3 Å². The molecule has 4 aliphatic rings. The quantitative estimate of drug-likeness (QED) is 0.290. The maximum atomic E-state index is 2.96. The van der Waals surface area contributed by atoms with Gasteiger partial charge in [-0.1, -0.05) is 125 Å². The summed E-state index contributed by atoms with van der Waals surface area (Å²) in [5, 5.41) is 1.90. The van der Waals surface area contributed by atoms with E-state index in [0.29, 0.717) is 5.41 Å². The molecule has 0 aliphatic carbocycles. The summed E-state index contributed by atoms with van der Waals surface area (Å²) in [6.07, 6.45) is 8.85. The van der Waals surface area contributed by atoms with Gasteiger partial charge in [-0.15, -0.1) is 0 Å². The first-order chi connectivity index (χ1) is 16.8. The summed E-state index contributed by atoms with van der Waals surface area (Å²) in [5.41, 5.74) is 7.79. The molecule has 4 unspecified atom stereocenters. The van der Waals surface area contributed by atoms with Crippen LogP contribution in [0.15, 0.2) is 22.8 Å². The highest BCUT2D eigenvalue weighted by atomic mass is 31.1. The van der Waals surface area contributed by atoms with Gasteiger partial charge in [-0.2, -0.15) is 0 Å². The zero-order valence-electron chi connectivity index (χ0n) is 25.5. The van der Waals surface area contributed by atoms with Crippen LogP contribution in [0.3, 0.4) is 0 Å². The SMILES string of the molecule is C[C@@H]1CC[C@@H](C)P1/C=C\P1[C@H](C)CC(C2C[C@@H](C)P(/C=C(\P3[C@H](C)CC[C@H]3C)C(C)(C)C)[C@@H]2C)[C@H]1C. The molecule has 0 N–H and O–H groups in total. The molecule has 0 aromatic heterocycles. The summed E-state index contributed by atoms with van der Waals surface area (Å²) in [6.45, 7) is 28.3. The second-order valence-corrected chi connectivity index (χ2v) is 26.1. The summed E-state index contributed by atoms with van der Waals surface area (Å²) in [7, 11) is 0.207. The van der Waals surface area contributed by atoms with Crippen molar-refractivity contribution in [2.45, 2.75) is 160 Å². The van der Waals surface area contributed by atoms with E-state index < -0.39 is 0 Å². The Morgan fingerprint density at radius 3 is 1.47 bits per heavy atom. The van der Waals surface area contributed by atoms with Crippen LogP contribution >= 0.6 is 31.7 Å². The van der Waals surface area contributed by atoms with Crippen molar-refractivity contribution in [2.75, 3.05) is 0 Å². The molecular formula is C32H58P4. The smallest absolute Gasteiger partial charge is 0.0127 e. The Bertz CT molecular complexity index is 791. The molecule has 0 saturated carbocycles. The molecule has 12 atom stereocenters. The van der Waals surface area contributed by atoms with Crippen molar-refractivity contribution in [3.63, 3.8) is 0 Å². The molecule has 4 heterocycles. The molecule has 4 fully saturated rings. The van der Waals surface area contributed by atoms with Crippen molar-refractivity contribution in [3.8, 4) is 0 Å². The van der Waals surface area contributed by atoms with E-state index in [4.69, 9.17) is 0 Å². The van der Waals surface area contributed by atoms with Gasteiger partial charge in [-0.3, -0.25) is 0 Å². The highest BCUT2D eigenvalue weighted by molar-refractivity contribution is 7.67. The van der Waals surface area contributed by atoms with Crippen LogP contribution < -0.4 is 0 Å². The number of rotatable bonds is 5. The summed E-state index contributed by atoms with van der Waals surface area (Å²) >= 11 is 0. The fourth-order valence-corrected chi connectivity index (χ4v) is 22.2. The van der Waals surface area contributed by atoms with Gasteiger partial charge in [-0.05, 0) is 106 Å². The number of allylic oxidation sites excluding steroid dienone is 1. The van der Waals surface area contributed by atoms with Crippen LogP contribution in [-0.2, 0) is 0 Å². The van der Waals surface area contributed by atoms with Crippen molar-refractivity contribution in [3.05, 3.63) is 22.8 Å². The third-order valence-corrected chi connectivity index (χ3v) is 24.1. The Kier molecular flexibility index (Phi) is 10.0. The molecule has 4 heteroatoms. The predicted octanol–water partition coefficient (Wildman–Crippen LogP) is 12.0. The maximum absolute atomic E-state index is 2.96. The molecule has 0 bridgehead atoms. The first-order valence-electron chi connectivity index (χ1n) is 15.3. The molecule has 0 radical (unpaired) electrons. The number of hydrogen-bond donors (Lipinski definition) is 0. The fraction of sp³-hybridized carbons (Fsp3) is 0.875. The van der Waals surface area contributed by atoms with Crippen LogP contribution in [0.1, 0.15) is 115 Å². The molecule has 4 aliphatic heterocycles. The van der Waals surface area contributed by atoms with Crippen LogP contribution in [0.4, 0.5) is 0 Å². The van der Waals surface area contributed by atoms with Crippen LogP contribution in [0.5, 0.6) is 0 Å². The van der Waals surface area contributed by atoms with Gasteiger partial charge in [0, 0.05) is 0 Å². The Hall–Kier alpha value is 1.20. The third-order valence-electron chi connectivity index (χ3n) is 10.7. The summed E-state index contributed by atoms with van der Waals surface area (Å²) in [5.74, 6) is 10.5. The van der Waals surface area contributed by atoms with Crippen LogP contribution in [0.25, 0.3) is 0 Å². The standard InChI is InChI=1S/C32H58P4/c1-21-12-13-22(2)33(21)16-17-34-25(5)18-29(27(34)7)30-19-26(6)35(28(30)8)20-31(32(9,10)11)36-23(3)14-15-24(36)4/h16-17,20-30H,12-15,18-19H2,1-11H3/b17-16-,31-20-/t21-,22-,23-,24-,25-,26-,27-,28-,29?,30?,34?,35?/m1/s1. The molecule has 206 valence electrons. The predicted molar refractivity (Wildman–Crippen MR) is 175 cm³/mol. The van der Waals surface area contributed by atoms with Gasteiger partial charge >= 0.3 is 0 Å². The van der Waals surface area contributed by atoms with Crippen molar-refractivity contribution < 1.29 is 0 Å². The Balaban J connectivity index is 1.51. The minimum Gasteiger partial charge on any atom is -0.0774 e. The molecule has 0 nitrogen and oxygen atoms in total. The lowest BCUT2D eigenvalue weighted by atomic mass is 9.82. The number of hydrogen-bond acceptors (Lipinski definition) is 0. The second kappa shape index (κ2) is 12.0. The molecule has 0 aromatic rings. The average Bonchev–Trinajstić information content (AvgIpc) is 3.46. The Morgan fingerprint density at radius 2 is 0.972 bits per heavy atom. The first-order valence-corrected chi connectivity index (χ1v) is 21.4. The molecule has 0 amide bonds. The van der Waals surface area contributed by atoms with E-state index in [1.165, 1.54) is 38.5 Å². The highest BCUT2D eigenvalue weighted by Crippen LogP contribution is 2.72. The molecule has 36 heavy (non-hydrogen) atoms. The van der Waals surface area contributed by atoms with Gasteiger partial charge in [0.2, 0.25) is 0 Å². The largest absolute Gasteiger partial charge is 0.0774 e. The lowest BCUT2D eigenvalue weighted by Crippen LogP contribution is -2.24. The van der Waals surface area contributed by atoms with Crippen molar-refractivity contribution in [2.24, 2.45) is 17.3 Å². The minimum atomic E-state index is -0.00905. The molecule has 0 spiro atoms. The molecule has 4 rings (SSSR count). The zero-order valence-corrected chi connectivity index (χ0v) is 29.1. The average molecular weight is 567 g/mol. The van der Waals surface area contributed by atoms with Gasteiger partial charge < -0.3 is 0 Å². The molecular weight excluding hydrogens is 508 g/mol. The topological polar surface area (TPSA) is 0 Å². The van der Waals surface area contributed by atoms with E-state index in [0.717, 1.165) is 57.1 Å². The van der Waals surface area contributed by atoms with Crippen LogP contribution in [0, 0.1) is 17.3 Å². The second-order valence-electron chi connectivity index (χ2n) is 14.3. The van der Waals surface area contributed by atoms with Crippen molar-refractivity contribution in [1.82, 2.24) is 0 Å². The van der Waals surface area contributed by atoms with E-state index in [9.17, 15) is 0 Å². The van der Waals surface area contributed by atoms with E-state index >= 15 is 0 Å². The third kappa shape index (κ3) is 6.09.